The minimum atomic E-state index is -0.0568. The molecular formula is C16H27ClN6O2. The fourth-order valence-electron chi connectivity index (χ4n) is 3.25. The Balaban J connectivity index is 0.00000225. The first kappa shape index (κ1) is 19.5. The Bertz CT molecular complexity index is 579. The fraction of sp³-hybridized carbons (Fsp3) is 0.688. The highest BCUT2D eigenvalue weighted by Gasteiger charge is 2.26. The second-order valence-corrected chi connectivity index (χ2v) is 6.30. The van der Waals surface area contributed by atoms with Gasteiger partial charge in [0.25, 0.3) is 5.91 Å². The Morgan fingerprint density at radius 2 is 2.00 bits per heavy atom. The first-order chi connectivity index (χ1) is 11.7. The van der Waals surface area contributed by atoms with E-state index in [9.17, 15) is 9.59 Å². The Kier molecular flexibility index (Phi) is 7.07. The van der Waals surface area contributed by atoms with Gasteiger partial charge in [0.2, 0.25) is 0 Å². The minimum absolute atomic E-state index is 0. The molecule has 3 rings (SSSR count). The second-order valence-electron chi connectivity index (χ2n) is 6.30. The highest BCUT2D eigenvalue weighted by molar-refractivity contribution is 5.92. The van der Waals surface area contributed by atoms with Crippen LogP contribution >= 0.6 is 12.4 Å². The van der Waals surface area contributed by atoms with Crippen LogP contribution in [0.15, 0.2) is 12.3 Å². The molecule has 140 valence electrons. The highest BCUT2D eigenvalue weighted by atomic mass is 35.5. The average Bonchev–Trinajstić information content (AvgIpc) is 3.12. The van der Waals surface area contributed by atoms with Crippen molar-refractivity contribution in [2.24, 2.45) is 0 Å². The number of urea groups is 1. The van der Waals surface area contributed by atoms with Gasteiger partial charge < -0.3 is 20.4 Å². The Labute approximate surface area is 154 Å². The van der Waals surface area contributed by atoms with E-state index in [-0.39, 0.29) is 24.3 Å². The van der Waals surface area contributed by atoms with Crippen LogP contribution in [0.1, 0.15) is 36.3 Å². The number of nitrogens with one attached hydrogen (secondary N) is 2. The van der Waals surface area contributed by atoms with Crippen LogP contribution < -0.4 is 10.6 Å². The van der Waals surface area contributed by atoms with E-state index in [0.717, 1.165) is 25.9 Å². The number of carbonyl (C=O) groups is 2. The number of halogens is 1. The van der Waals surface area contributed by atoms with E-state index in [4.69, 9.17) is 0 Å². The summed E-state index contributed by atoms with van der Waals surface area (Å²) in [7, 11) is 0. The minimum Gasteiger partial charge on any atom is -0.338 e. The molecule has 0 aromatic carbocycles. The number of hydrogen-bond acceptors (Lipinski definition) is 4. The summed E-state index contributed by atoms with van der Waals surface area (Å²) >= 11 is 0. The zero-order chi connectivity index (χ0) is 16.9. The molecule has 0 saturated carbocycles. The van der Waals surface area contributed by atoms with Gasteiger partial charge in [-0.15, -0.1) is 12.4 Å². The number of piperidine rings is 1. The standard InChI is InChI=1S/C16H26N6O2.ClH/c1-2-18-16(24)21-10-8-20(9-11-21)15(23)14-5-7-22(19-14)13-4-3-6-17-12-13;/h5,7,13,17H,2-4,6,8-12H2,1H3,(H,18,24);1H. The van der Waals surface area contributed by atoms with Gasteiger partial charge in [-0.05, 0) is 32.4 Å². The molecule has 1 aromatic heterocycles. The molecule has 2 N–H and O–H groups in total. The Morgan fingerprint density at radius 1 is 1.28 bits per heavy atom. The third-order valence-electron chi connectivity index (χ3n) is 4.65. The molecule has 2 saturated heterocycles. The third kappa shape index (κ3) is 4.64. The highest BCUT2D eigenvalue weighted by Crippen LogP contribution is 2.16. The maximum atomic E-state index is 12.6. The van der Waals surface area contributed by atoms with Crippen molar-refractivity contribution in [1.82, 2.24) is 30.2 Å². The predicted octanol–water partition coefficient (Wildman–Crippen LogP) is 0.717. The smallest absolute Gasteiger partial charge is 0.317 e. The van der Waals surface area contributed by atoms with Gasteiger partial charge >= 0.3 is 6.03 Å². The number of amides is 3. The summed E-state index contributed by atoms with van der Waals surface area (Å²) in [6.07, 6.45) is 4.12. The molecule has 1 unspecified atom stereocenters. The van der Waals surface area contributed by atoms with Gasteiger partial charge in [0.1, 0.15) is 5.69 Å². The van der Waals surface area contributed by atoms with E-state index in [0.29, 0.717) is 44.5 Å². The lowest BCUT2D eigenvalue weighted by molar-refractivity contribution is 0.0658. The first-order valence-electron chi connectivity index (χ1n) is 8.77. The maximum Gasteiger partial charge on any atom is 0.317 e. The van der Waals surface area contributed by atoms with Crippen molar-refractivity contribution < 1.29 is 9.59 Å². The predicted molar refractivity (Wildman–Crippen MR) is 97.2 cm³/mol. The van der Waals surface area contributed by atoms with Crippen molar-refractivity contribution in [2.45, 2.75) is 25.8 Å². The van der Waals surface area contributed by atoms with Crippen molar-refractivity contribution in [3.05, 3.63) is 18.0 Å². The van der Waals surface area contributed by atoms with Gasteiger partial charge in [-0.3, -0.25) is 9.48 Å². The van der Waals surface area contributed by atoms with Crippen LogP contribution in [0.5, 0.6) is 0 Å². The van der Waals surface area contributed by atoms with Crippen LogP contribution in [0, 0.1) is 0 Å². The van der Waals surface area contributed by atoms with Crippen molar-refractivity contribution >= 4 is 24.3 Å². The first-order valence-corrected chi connectivity index (χ1v) is 8.77. The summed E-state index contributed by atoms with van der Waals surface area (Å²) in [5.74, 6) is -0.0481. The quantitative estimate of drug-likeness (QED) is 0.821. The van der Waals surface area contributed by atoms with Gasteiger partial charge in [0.15, 0.2) is 0 Å². The van der Waals surface area contributed by atoms with E-state index in [2.05, 4.69) is 15.7 Å². The molecule has 0 bridgehead atoms. The molecular weight excluding hydrogens is 344 g/mol. The number of piperazine rings is 1. The lowest BCUT2D eigenvalue weighted by Crippen LogP contribution is -2.53. The summed E-state index contributed by atoms with van der Waals surface area (Å²) in [5, 5.41) is 10.6. The van der Waals surface area contributed by atoms with Crippen LogP contribution in [-0.2, 0) is 0 Å². The fourth-order valence-corrected chi connectivity index (χ4v) is 3.25. The van der Waals surface area contributed by atoms with Crippen molar-refractivity contribution in [3.63, 3.8) is 0 Å². The van der Waals surface area contributed by atoms with Gasteiger partial charge in [-0.2, -0.15) is 5.10 Å². The van der Waals surface area contributed by atoms with E-state index in [1.165, 1.54) is 0 Å². The van der Waals surface area contributed by atoms with Gasteiger partial charge in [-0.25, -0.2) is 4.79 Å². The van der Waals surface area contributed by atoms with Crippen LogP contribution in [0.2, 0.25) is 0 Å². The molecule has 0 aliphatic carbocycles. The van der Waals surface area contributed by atoms with Gasteiger partial charge in [0.05, 0.1) is 6.04 Å². The second kappa shape index (κ2) is 9.05. The Morgan fingerprint density at radius 3 is 2.64 bits per heavy atom. The average molecular weight is 371 g/mol. The van der Waals surface area contributed by atoms with Gasteiger partial charge in [-0.1, -0.05) is 0 Å². The molecule has 2 fully saturated rings. The summed E-state index contributed by atoms with van der Waals surface area (Å²) in [6, 6.07) is 2.07. The number of rotatable bonds is 3. The molecule has 0 spiro atoms. The van der Waals surface area contributed by atoms with Crippen molar-refractivity contribution in [1.29, 1.82) is 0 Å². The molecule has 2 aliphatic rings. The van der Waals surface area contributed by atoms with Crippen LogP contribution in [0.25, 0.3) is 0 Å². The molecule has 1 aromatic rings. The molecule has 0 radical (unpaired) electrons. The SMILES string of the molecule is CCNC(=O)N1CCN(C(=O)c2ccn(C3CCCNC3)n2)CC1.Cl. The van der Waals surface area contributed by atoms with E-state index >= 15 is 0 Å². The number of nitrogens with zero attached hydrogens (tertiary/aromatic N) is 4. The molecule has 3 amide bonds. The number of aromatic nitrogens is 2. The summed E-state index contributed by atoms with van der Waals surface area (Å²) in [4.78, 5) is 28.0. The number of hydrogen-bond donors (Lipinski definition) is 2. The van der Waals surface area contributed by atoms with Crippen LogP contribution in [0.4, 0.5) is 4.79 Å². The van der Waals surface area contributed by atoms with Gasteiger partial charge in [0, 0.05) is 45.5 Å². The Hall–Kier alpha value is -1.80. The monoisotopic (exact) mass is 370 g/mol. The maximum absolute atomic E-state index is 12.6. The topological polar surface area (TPSA) is 82.5 Å². The molecule has 1 atom stereocenters. The molecule has 2 aliphatic heterocycles. The lowest BCUT2D eigenvalue weighted by atomic mass is 10.1. The van der Waals surface area contributed by atoms with Crippen LogP contribution in [0.3, 0.4) is 0 Å². The molecule has 3 heterocycles. The lowest BCUT2D eigenvalue weighted by Gasteiger charge is -2.34. The summed E-state index contributed by atoms with van der Waals surface area (Å²) in [5.41, 5.74) is 0.493. The molecule has 25 heavy (non-hydrogen) atoms. The van der Waals surface area contributed by atoms with Crippen LogP contribution in [-0.4, -0.2) is 77.3 Å². The van der Waals surface area contributed by atoms with Crippen molar-refractivity contribution in [2.75, 3.05) is 45.8 Å². The third-order valence-corrected chi connectivity index (χ3v) is 4.65. The summed E-state index contributed by atoms with van der Waals surface area (Å²) < 4.78 is 1.91. The van der Waals surface area contributed by atoms with Crippen molar-refractivity contribution in [3.8, 4) is 0 Å². The van der Waals surface area contributed by atoms with E-state index in [1.807, 2.05) is 17.8 Å². The van der Waals surface area contributed by atoms with E-state index < -0.39 is 0 Å². The number of carbonyl (C=O) groups excluding carboxylic acids is 2. The molecule has 9 heteroatoms. The largest absolute Gasteiger partial charge is 0.338 e. The van der Waals surface area contributed by atoms with E-state index in [1.54, 1.807) is 15.9 Å². The zero-order valence-corrected chi connectivity index (χ0v) is 15.4. The zero-order valence-electron chi connectivity index (χ0n) is 14.6. The summed E-state index contributed by atoms with van der Waals surface area (Å²) in [6.45, 7) is 6.69. The molecule has 8 nitrogen and oxygen atoms in total. The normalized spacial score (nSPS) is 20.8.